The van der Waals surface area contributed by atoms with Gasteiger partial charge >= 0.3 is 5.97 Å². The molecule has 156 valence electrons. The van der Waals surface area contributed by atoms with E-state index in [-0.39, 0.29) is 11.9 Å². The fraction of sp³-hybridized carbons (Fsp3) is 0.545. The lowest BCUT2D eigenvalue weighted by molar-refractivity contribution is -0.156. The van der Waals surface area contributed by atoms with Crippen molar-refractivity contribution in [2.45, 2.75) is 70.5 Å². The summed E-state index contributed by atoms with van der Waals surface area (Å²) in [5.41, 5.74) is 0.650. The summed E-state index contributed by atoms with van der Waals surface area (Å²) in [7, 11) is 1.31. The molecule has 0 aliphatic carbocycles. The van der Waals surface area contributed by atoms with Crippen molar-refractivity contribution in [2.24, 2.45) is 0 Å². The lowest BCUT2D eigenvalue weighted by Gasteiger charge is -2.37. The van der Waals surface area contributed by atoms with Crippen LogP contribution in [0.5, 0.6) is 0 Å². The molecule has 2 aliphatic heterocycles. The second kappa shape index (κ2) is 8.76. The van der Waals surface area contributed by atoms with Crippen LogP contribution in [0.25, 0.3) is 0 Å². The molecule has 1 aromatic carbocycles. The minimum Gasteiger partial charge on any atom is -0.467 e. The summed E-state index contributed by atoms with van der Waals surface area (Å²) in [6.07, 6.45) is 3.86. The van der Waals surface area contributed by atoms with Crippen LogP contribution in [0.15, 0.2) is 24.3 Å². The van der Waals surface area contributed by atoms with Crippen molar-refractivity contribution in [2.75, 3.05) is 7.11 Å². The highest BCUT2D eigenvalue weighted by Crippen LogP contribution is 2.32. The molecule has 3 rings (SSSR count). The van der Waals surface area contributed by atoms with E-state index in [2.05, 4.69) is 0 Å². The number of benzene rings is 1. The maximum atomic E-state index is 13.7. The Bertz CT molecular complexity index is 786. The molecule has 2 heterocycles. The molecule has 1 fully saturated rings. The number of esters is 1. The van der Waals surface area contributed by atoms with E-state index >= 15 is 0 Å². The molecule has 0 unspecified atom stereocenters. The third kappa shape index (κ3) is 3.66. The van der Waals surface area contributed by atoms with Crippen LogP contribution >= 0.6 is 0 Å². The predicted molar refractivity (Wildman–Crippen MR) is 106 cm³/mol. The van der Waals surface area contributed by atoms with Crippen molar-refractivity contribution in [1.29, 1.82) is 0 Å². The minimum atomic E-state index is -0.900. The second-order valence-electron chi connectivity index (χ2n) is 7.61. The van der Waals surface area contributed by atoms with Gasteiger partial charge in [-0.1, -0.05) is 32.4 Å². The van der Waals surface area contributed by atoms with Gasteiger partial charge in [0, 0.05) is 6.04 Å². The Morgan fingerprint density at radius 3 is 2.24 bits per heavy atom. The molecule has 29 heavy (non-hydrogen) atoms. The smallest absolute Gasteiger partial charge is 0.328 e. The molecular weight excluding hydrogens is 372 g/mol. The SMILES string of the molecule is CCC[C@H]1CCC[C@H](N2C(=O)c3ccccc3C2=O)C(=O)N1[C@@H](CC)C(=O)OC. The van der Waals surface area contributed by atoms with Gasteiger partial charge in [-0.25, -0.2) is 4.79 Å². The van der Waals surface area contributed by atoms with Crippen LogP contribution in [0.2, 0.25) is 0 Å². The second-order valence-corrected chi connectivity index (χ2v) is 7.61. The lowest BCUT2D eigenvalue weighted by Crippen LogP contribution is -2.57. The zero-order valence-electron chi connectivity index (χ0n) is 17.2. The van der Waals surface area contributed by atoms with E-state index < -0.39 is 29.9 Å². The molecule has 0 saturated carbocycles. The van der Waals surface area contributed by atoms with Crippen molar-refractivity contribution in [3.8, 4) is 0 Å². The quantitative estimate of drug-likeness (QED) is 0.542. The standard InChI is InChI=1S/C22H28N2O5/c1-4-9-14-10-8-13-18(21(27)23(14)17(5-2)22(28)29-3)24-19(25)15-11-6-7-12-16(15)20(24)26/h6-7,11-12,14,17-18H,4-5,8-10,13H2,1-3H3/t14-,17-,18-/m0/s1. The van der Waals surface area contributed by atoms with E-state index in [0.717, 1.165) is 24.2 Å². The van der Waals surface area contributed by atoms with Crippen LogP contribution in [0.3, 0.4) is 0 Å². The van der Waals surface area contributed by atoms with Gasteiger partial charge in [0.25, 0.3) is 11.8 Å². The van der Waals surface area contributed by atoms with Crippen molar-refractivity contribution >= 4 is 23.7 Å². The third-order valence-corrected chi connectivity index (χ3v) is 5.90. The molecule has 0 spiro atoms. The molecule has 0 aromatic heterocycles. The Labute approximate surface area is 171 Å². The van der Waals surface area contributed by atoms with Crippen LogP contribution in [-0.4, -0.2) is 58.7 Å². The van der Waals surface area contributed by atoms with Gasteiger partial charge in [0.2, 0.25) is 5.91 Å². The van der Waals surface area contributed by atoms with Gasteiger partial charge in [0.15, 0.2) is 0 Å². The van der Waals surface area contributed by atoms with Crippen LogP contribution in [0.4, 0.5) is 0 Å². The Kier molecular flexibility index (Phi) is 6.35. The van der Waals surface area contributed by atoms with Crippen LogP contribution in [0, 0.1) is 0 Å². The number of nitrogens with zero attached hydrogens (tertiary/aromatic N) is 2. The maximum Gasteiger partial charge on any atom is 0.328 e. The first kappa shape index (κ1) is 21.0. The number of imide groups is 1. The topological polar surface area (TPSA) is 84.0 Å². The number of hydrogen-bond acceptors (Lipinski definition) is 5. The van der Waals surface area contributed by atoms with Crippen molar-refractivity contribution in [3.63, 3.8) is 0 Å². The molecule has 2 aliphatic rings. The van der Waals surface area contributed by atoms with Crippen LogP contribution < -0.4 is 0 Å². The minimum absolute atomic E-state index is 0.114. The van der Waals surface area contributed by atoms with Gasteiger partial charge in [-0.15, -0.1) is 0 Å². The number of carbonyl (C=O) groups excluding carboxylic acids is 4. The summed E-state index contributed by atoms with van der Waals surface area (Å²) in [6, 6.07) is 4.89. The Morgan fingerprint density at radius 1 is 1.10 bits per heavy atom. The highest BCUT2D eigenvalue weighted by atomic mass is 16.5. The molecular formula is C22H28N2O5. The van der Waals surface area contributed by atoms with Gasteiger partial charge in [-0.05, 0) is 44.2 Å². The summed E-state index contributed by atoms with van der Waals surface area (Å²) >= 11 is 0. The van der Waals surface area contributed by atoms with E-state index in [0.29, 0.717) is 30.4 Å². The summed E-state index contributed by atoms with van der Waals surface area (Å²) < 4.78 is 4.95. The van der Waals surface area contributed by atoms with E-state index in [9.17, 15) is 19.2 Å². The average molecular weight is 400 g/mol. The predicted octanol–water partition coefficient (Wildman–Crippen LogP) is 2.78. The normalized spacial score (nSPS) is 23.1. The van der Waals surface area contributed by atoms with Crippen molar-refractivity contribution in [3.05, 3.63) is 35.4 Å². The fourth-order valence-corrected chi connectivity index (χ4v) is 4.53. The molecule has 0 radical (unpaired) electrons. The van der Waals surface area contributed by atoms with Gasteiger partial charge in [0.05, 0.1) is 18.2 Å². The van der Waals surface area contributed by atoms with Gasteiger partial charge in [-0.2, -0.15) is 0 Å². The monoisotopic (exact) mass is 400 g/mol. The fourth-order valence-electron chi connectivity index (χ4n) is 4.53. The average Bonchev–Trinajstić information content (AvgIpc) is 2.87. The number of likely N-dealkylation sites (tertiary alicyclic amines) is 1. The van der Waals surface area contributed by atoms with Gasteiger partial charge < -0.3 is 9.64 Å². The molecule has 7 heteroatoms. The summed E-state index contributed by atoms with van der Waals surface area (Å²) in [6.45, 7) is 3.87. The Balaban J connectivity index is 1.99. The molecule has 1 aromatic rings. The van der Waals surface area contributed by atoms with Crippen LogP contribution in [0.1, 0.15) is 73.1 Å². The Morgan fingerprint density at radius 2 is 1.72 bits per heavy atom. The number of hydrogen-bond donors (Lipinski definition) is 0. The Hall–Kier alpha value is -2.70. The van der Waals surface area contributed by atoms with E-state index in [1.807, 2.05) is 13.8 Å². The first-order chi connectivity index (χ1) is 14.0. The molecule has 1 saturated heterocycles. The number of amides is 3. The number of ether oxygens (including phenoxy) is 1. The van der Waals surface area contributed by atoms with E-state index in [4.69, 9.17) is 4.74 Å². The van der Waals surface area contributed by atoms with Gasteiger partial charge in [0.1, 0.15) is 12.1 Å². The largest absolute Gasteiger partial charge is 0.467 e. The summed E-state index contributed by atoms with van der Waals surface area (Å²) in [4.78, 5) is 54.7. The number of fused-ring (bicyclic) bond motifs is 1. The molecule has 7 nitrogen and oxygen atoms in total. The van der Waals surface area contributed by atoms with E-state index in [1.165, 1.54) is 7.11 Å². The van der Waals surface area contributed by atoms with E-state index in [1.54, 1.807) is 29.2 Å². The molecule has 0 bridgehead atoms. The summed E-state index contributed by atoms with van der Waals surface area (Å²) in [5.74, 6) is -1.69. The van der Waals surface area contributed by atoms with Gasteiger partial charge in [-0.3, -0.25) is 19.3 Å². The first-order valence-electron chi connectivity index (χ1n) is 10.3. The van der Waals surface area contributed by atoms with Crippen LogP contribution in [-0.2, 0) is 14.3 Å². The maximum absolute atomic E-state index is 13.7. The van der Waals surface area contributed by atoms with Crippen molar-refractivity contribution in [1.82, 2.24) is 9.80 Å². The molecule has 0 N–H and O–H groups in total. The first-order valence-corrected chi connectivity index (χ1v) is 10.3. The highest BCUT2D eigenvalue weighted by Gasteiger charge is 2.47. The zero-order chi connectivity index (χ0) is 21.1. The summed E-state index contributed by atoms with van der Waals surface area (Å²) in [5, 5.41) is 0. The highest BCUT2D eigenvalue weighted by molar-refractivity contribution is 6.22. The molecule has 3 amide bonds. The van der Waals surface area contributed by atoms with Crippen molar-refractivity contribution < 1.29 is 23.9 Å². The lowest BCUT2D eigenvalue weighted by atomic mass is 10.0. The number of carbonyl (C=O) groups is 4. The zero-order valence-corrected chi connectivity index (χ0v) is 17.2. The number of rotatable bonds is 6. The molecule has 3 atom stereocenters. The number of methoxy groups -OCH3 is 1. The third-order valence-electron chi connectivity index (χ3n) is 5.90.